The van der Waals surface area contributed by atoms with Crippen LogP contribution in [-0.4, -0.2) is 26.9 Å². The SMILES string of the molecule is O=C(O)[C@H](c1ccc(O)cc1)C1(O)CCCCC1. The minimum absolute atomic E-state index is 0.0959. The van der Waals surface area contributed by atoms with Crippen LogP contribution >= 0.6 is 0 Å². The molecule has 2 rings (SSSR count). The largest absolute Gasteiger partial charge is 0.508 e. The Balaban J connectivity index is 2.33. The highest BCUT2D eigenvalue weighted by atomic mass is 16.4. The number of hydrogen-bond acceptors (Lipinski definition) is 3. The molecule has 4 heteroatoms. The van der Waals surface area contributed by atoms with Crippen molar-refractivity contribution in [2.45, 2.75) is 43.6 Å². The van der Waals surface area contributed by atoms with Crippen molar-refractivity contribution in [3.63, 3.8) is 0 Å². The zero-order valence-corrected chi connectivity index (χ0v) is 10.2. The normalized spacial score (nSPS) is 20.3. The highest BCUT2D eigenvalue weighted by Crippen LogP contribution is 2.40. The molecule has 0 bridgehead atoms. The summed E-state index contributed by atoms with van der Waals surface area (Å²) >= 11 is 0. The molecule has 0 unspecified atom stereocenters. The first-order chi connectivity index (χ1) is 8.53. The number of aliphatic carboxylic acids is 1. The number of carboxylic acid groups (broad SMARTS) is 1. The first-order valence-corrected chi connectivity index (χ1v) is 6.27. The summed E-state index contributed by atoms with van der Waals surface area (Å²) in [5.41, 5.74) is -0.620. The molecule has 1 fully saturated rings. The van der Waals surface area contributed by atoms with Crippen LogP contribution < -0.4 is 0 Å². The lowest BCUT2D eigenvalue weighted by Crippen LogP contribution is -2.42. The molecule has 0 saturated heterocycles. The van der Waals surface area contributed by atoms with Crippen molar-refractivity contribution in [1.82, 2.24) is 0 Å². The molecular formula is C14H18O4. The summed E-state index contributed by atoms with van der Waals surface area (Å²) in [7, 11) is 0. The predicted octanol–water partition coefficient (Wildman–Crippen LogP) is 2.26. The van der Waals surface area contributed by atoms with Gasteiger partial charge >= 0.3 is 5.97 Å². The number of hydrogen-bond donors (Lipinski definition) is 3. The fourth-order valence-corrected chi connectivity index (χ4v) is 2.80. The molecule has 0 aromatic heterocycles. The molecule has 0 spiro atoms. The molecule has 1 saturated carbocycles. The molecule has 0 amide bonds. The summed E-state index contributed by atoms with van der Waals surface area (Å²) in [6, 6.07) is 6.05. The van der Waals surface area contributed by atoms with E-state index in [-0.39, 0.29) is 5.75 Å². The van der Waals surface area contributed by atoms with Crippen molar-refractivity contribution in [1.29, 1.82) is 0 Å². The van der Waals surface area contributed by atoms with Gasteiger partial charge in [0.25, 0.3) is 0 Å². The zero-order chi connectivity index (χ0) is 13.2. The number of benzene rings is 1. The van der Waals surface area contributed by atoms with E-state index in [1.165, 1.54) is 12.1 Å². The minimum atomic E-state index is -1.17. The van der Waals surface area contributed by atoms with Gasteiger partial charge in [0.05, 0.1) is 5.60 Å². The van der Waals surface area contributed by atoms with E-state index in [9.17, 15) is 20.1 Å². The number of phenols is 1. The summed E-state index contributed by atoms with van der Waals surface area (Å²) in [6.07, 6.45) is 3.80. The summed E-state index contributed by atoms with van der Waals surface area (Å²) in [6.45, 7) is 0. The maximum absolute atomic E-state index is 11.5. The number of phenolic OH excluding ortho intramolecular Hbond substituents is 1. The highest BCUT2D eigenvalue weighted by molar-refractivity contribution is 5.78. The van der Waals surface area contributed by atoms with Crippen LogP contribution in [0.15, 0.2) is 24.3 Å². The van der Waals surface area contributed by atoms with Gasteiger partial charge in [0.15, 0.2) is 0 Å². The Kier molecular flexibility index (Phi) is 3.57. The van der Waals surface area contributed by atoms with Crippen molar-refractivity contribution < 1.29 is 20.1 Å². The van der Waals surface area contributed by atoms with E-state index < -0.39 is 17.5 Å². The van der Waals surface area contributed by atoms with E-state index in [1.807, 2.05) is 0 Å². The lowest BCUT2D eigenvalue weighted by Gasteiger charge is -2.37. The lowest BCUT2D eigenvalue weighted by atomic mass is 9.73. The zero-order valence-electron chi connectivity index (χ0n) is 10.2. The van der Waals surface area contributed by atoms with Gasteiger partial charge in [-0.15, -0.1) is 0 Å². The van der Waals surface area contributed by atoms with Gasteiger partial charge in [-0.05, 0) is 30.5 Å². The van der Waals surface area contributed by atoms with Gasteiger partial charge in [-0.3, -0.25) is 4.79 Å². The summed E-state index contributed by atoms with van der Waals surface area (Å²) in [5, 5.41) is 29.2. The number of aromatic hydroxyl groups is 1. The van der Waals surface area contributed by atoms with Gasteiger partial charge in [0.1, 0.15) is 11.7 Å². The quantitative estimate of drug-likeness (QED) is 0.769. The maximum Gasteiger partial charge on any atom is 0.313 e. The van der Waals surface area contributed by atoms with E-state index in [0.717, 1.165) is 19.3 Å². The highest BCUT2D eigenvalue weighted by Gasteiger charge is 2.43. The second-order valence-electron chi connectivity index (χ2n) is 5.03. The van der Waals surface area contributed by atoms with E-state index >= 15 is 0 Å². The molecule has 18 heavy (non-hydrogen) atoms. The van der Waals surface area contributed by atoms with Crippen LogP contribution in [0.2, 0.25) is 0 Å². The average molecular weight is 250 g/mol. The standard InChI is InChI=1S/C14H18O4/c15-11-6-4-10(5-7-11)12(13(16)17)14(18)8-2-1-3-9-14/h4-7,12,15,18H,1-3,8-9H2,(H,16,17)/t12-/m0/s1. The number of carbonyl (C=O) groups is 1. The smallest absolute Gasteiger partial charge is 0.313 e. The molecule has 1 aliphatic rings. The summed E-state index contributed by atoms with van der Waals surface area (Å²) < 4.78 is 0. The number of aliphatic hydroxyl groups is 1. The first kappa shape index (κ1) is 12.9. The Bertz CT molecular complexity index is 418. The Morgan fingerprint density at radius 1 is 1.11 bits per heavy atom. The Morgan fingerprint density at radius 3 is 2.17 bits per heavy atom. The van der Waals surface area contributed by atoms with Gasteiger partial charge in [0.2, 0.25) is 0 Å². The van der Waals surface area contributed by atoms with Crippen LogP contribution in [0.4, 0.5) is 0 Å². The minimum Gasteiger partial charge on any atom is -0.508 e. The van der Waals surface area contributed by atoms with Crippen LogP contribution in [0.25, 0.3) is 0 Å². The first-order valence-electron chi connectivity index (χ1n) is 6.27. The molecule has 98 valence electrons. The van der Waals surface area contributed by atoms with E-state index in [1.54, 1.807) is 12.1 Å². The molecule has 1 atom stereocenters. The van der Waals surface area contributed by atoms with Crippen molar-refractivity contribution >= 4 is 5.97 Å². The van der Waals surface area contributed by atoms with Crippen molar-refractivity contribution in [3.05, 3.63) is 29.8 Å². The molecular weight excluding hydrogens is 232 g/mol. The lowest BCUT2D eigenvalue weighted by molar-refractivity contribution is -0.147. The van der Waals surface area contributed by atoms with Crippen LogP contribution in [-0.2, 0) is 4.79 Å². The van der Waals surface area contributed by atoms with Gasteiger partial charge in [-0.25, -0.2) is 0 Å². The van der Waals surface area contributed by atoms with Crippen LogP contribution in [0.3, 0.4) is 0 Å². The molecule has 1 aliphatic carbocycles. The van der Waals surface area contributed by atoms with Crippen LogP contribution in [0.5, 0.6) is 5.75 Å². The third-order valence-corrected chi connectivity index (χ3v) is 3.73. The fourth-order valence-electron chi connectivity index (χ4n) is 2.80. The van der Waals surface area contributed by atoms with E-state index in [0.29, 0.717) is 18.4 Å². The van der Waals surface area contributed by atoms with E-state index in [4.69, 9.17) is 0 Å². The van der Waals surface area contributed by atoms with Gasteiger partial charge < -0.3 is 15.3 Å². The van der Waals surface area contributed by atoms with E-state index in [2.05, 4.69) is 0 Å². The molecule has 1 aromatic rings. The third kappa shape index (κ3) is 2.48. The van der Waals surface area contributed by atoms with Crippen molar-refractivity contribution in [3.8, 4) is 5.75 Å². The molecule has 1 aromatic carbocycles. The molecule has 0 heterocycles. The van der Waals surface area contributed by atoms with Crippen LogP contribution in [0, 0.1) is 0 Å². The summed E-state index contributed by atoms with van der Waals surface area (Å²) in [4.78, 5) is 11.5. The number of carboxylic acids is 1. The second-order valence-corrected chi connectivity index (χ2v) is 5.03. The second kappa shape index (κ2) is 4.98. The molecule has 3 N–H and O–H groups in total. The van der Waals surface area contributed by atoms with Crippen molar-refractivity contribution in [2.24, 2.45) is 0 Å². The third-order valence-electron chi connectivity index (χ3n) is 3.73. The number of rotatable bonds is 3. The average Bonchev–Trinajstić information content (AvgIpc) is 2.32. The van der Waals surface area contributed by atoms with Gasteiger partial charge in [-0.2, -0.15) is 0 Å². The van der Waals surface area contributed by atoms with Gasteiger partial charge in [-0.1, -0.05) is 31.4 Å². The van der Waals surface area contributed by atoms with Crippen molar-refractivity contribution in [2.75, 3.05) is 0 Å². The Labute approximate surface area is 106 Å². The van der Waals surface area contributed by atoms with Gasteiger partial charge in [0, 0.05) is 0 Å². The topological polar surface area (TPSA) is 77.8 Å². The Hall–Kier alpha value is -1.55. The fraction of sp³-hybridized carbons (Fsp3) is 0.500. The molecule has 4 nitrogen and oxygen atoms in total. The maximum atomic E-state index is 11.5. The summed E-state index contributed by atoms with van der Waals surface area (Å²) in [5.74, 6) is -1.83. The monoisotopic (exact) mass is 250 g/mol. The molecule has 0 radical (unpaired) electrons. The predicted molar refractivity (Wildman–Crippen MR) is 66.5 cm³/mol. The Morgan fingerprint density at radius 2 is 1.67 bits per heavy atom. The van der Waals surface area contributed by atoms with Crippen LogP contribution in [0.1, 0.15) is 43.6 Å². The molecule has 0 aliphatic heterocycles.